The third-order valence-electron chi connectivity index (χ3n) is 5.39. The number of rotatable bonds is 8. The minimum absolute atomic E-state index is 0.0469. The van der Waals surface area contributed by atoms with Gasteiger partial charge in [0.15, 0.2) is 0 Å². The van der Waals surface area contributed by atoms with Crippen LogP contribution in [-0.4, -0.2) is 51.9 Å². The molecule has 3 aromatic rings. The van der Waals surface area contributed by atoms with E-state index in [0.29, 0.717) is 67.0 Å². The number of hydrogen-bond donors (Lipinski definition) is 1. The smallest absolute Gasteiger partial charge is 0.303 e. The van der Waals surface area contributed by atoms with Crippen LogP contribution >= 0.6 is 0 Å². The second-order valence-corrected chi connectivity index (χ2v) is 8.33. The molecule has 9 nitrogen and oxygen atoms in total. The van der Waals surface area contributed by atoms with Crippen molar-refractivity contribution in [3.05, 3.63) is 47.5 Å². The normalized spacial score (nSPS) is 13.6. The molecule has 9 heteroatoms. The van der Waals surface area contributed by atoms with Gasteiger partial charge in [0.2, 0.25) is 5.82 Å². The molecule has 0 spiro atoms. The van der Waals surface area contributed by atoms with Crippen molar-refractivity contribution in [1.29, 1.82) is 5.26 Å². The van der Waals surface area contributed by atoms with Gasteiger partial charge in [0.05, 0.1) is 17.2 Å². The number of aliphatic carboxylic acids is 1. The van der Waals surface area contributed by atoms with E-state index in [9.17, 15) is 10.1 Å². The summed E-state index contributed by atoms with van der Waals surface area (Å²) in [4.78, 5) is 17.6. The minimum Gasteiger partial charge on any atom is -0.491 e. The Hall–Kier alpha value is -3.90. The molecule has 0 saturated heterocycles. The average Bonchev–Trinajstić information content (AvgIpc) is 3.20. The zero-order chi connectivity index (χ0) is 24.1. The van der Waals surface area contributed by atoms with E-state index >= 15 is 0 Å². The molecule has 4 rings (SSSR count). The quantitative estimate of drug-likeness (QED) is 0.527. The molecule has 0 bridgehead atoms. The highest BCUT2D eigenvalue weighted by molar-refractivity contribution is 5.69. The number of nitrogens with zero attached hydrogens (tertiary/aromatic N) is 4. The maximum absolute atomic E-state index is 10.8. The van der Waals surface area contributed by atoms with Gasteiger partial charge >= 0.3 is 5.97 Å². The van der Waals surface area contributed by atoms with E-state index in [2.05, 4.69) is 21.1 Å². The molecular weight excluding hydrogens is 436 g/mol. The summed E-state index contributed by atoms with van der Waals surface area (Å²) in [6, 6.07) is 13.1. The zero-order valence-corrected chi connectivity index (χ0v) is 19.2. The van der Waals surface area contributed by atoms with E-state index in [1.807, 2.05) is 32.0 Å². The van der Waals surface area contributed by atoms with Crippen LogP contribution in [0.1, 0.15) is 37.8 Å². The molecule has 2 aromatic carbocycles. The van der Waals surface area contributed by atoms with Gasteiger partial charge in [-0.3, -0.25) is 9.69 Å². The minimum atomic E-state index is -0.786. The summed E-state index contributed by atoms with van der Waals surface area (Å²) in [5.74, 6) is 1.12. The Morgan fingerprint density at radius 2 is 2.18 bits per heavy atom. The van der Waals surface area contributed by atoms with E-state index in [1.165, 1.54) is 0 Å². The van der Waals surface area contributed by atoms with E-state index in [4.69, 9.17) is 19.1 Å². The Balaban J connectivity index is 1.57. The molecule has 176 valence electrons. The Kier molecular flexibility index (Phi) is 7.09. The first kappa shape index (κ1) is 23.3. The van der Waals surface area contributed by atoms with Crippen molar-refractivity contribution in [3.8, 4) is 40.4 Å². The molecule has 1 N–H and O–H groups in total. The molecule has 2 heterocycles. The van der Waals surface area contributed by atoms with Gasteiger partial charge in [0.25, 0.3) is 5.89 Å². The third-order valence-corrected chi connectivity index (χ3v) is 5.39. The SMILES string of the molecule is CC(C)Oc1ccc(-c2nc(-c3cccc4c3OCCN(CCCC(=O)O)C4)no2)cc1C#N. The number of hydrogen-bond acceptors (Lipinski definition) is 8. The van der Waals surface area contributed by atoms with Gasteiger partial charge in [0.1, 0.15) is 24.2 Å². The van der Waals surface area contributed by atoms with E-state index < -0.39 is 5.97 Å². The van der Waals surface area contributed by atoms with Crippen LogP contribution in [0.15, 0.2) is 40.9 Å². The zero-order valence-electron chi connectivity index (χ0n) is 19.2. The first-order chi connectivity index (χ1) is 16.4. The van der Waals surface area contributed by atoms with Gasteiger partial charge in [-0.2, -0.15) is 10.2 Å². The van der Waals surface area contributed by atoms with Crippen molar-refractivity contribution in [2.75, 3.05) is 19.7 Å². The Bertz CT molecular complexity index is 1210. The molecule has 0 atom stereocenters. The van der Waals surface area contributed by atoms with Gasteiger partial charge in [-0.1, -0.05) is 17.3 Å². The first-order valence-electron chi connectivity index (χ1n) is 11.2. The predicted octanol–water partition coefficient (Wildman–Crippen LogP) is 4.12. The largest absolute Gasteiger partial charge is 0.491 e. The van der Waals surface area contributed by atoms with Crippen molar-refractivity contribution in [2.45, 2.75) is 39.3 Å². The highest BCUT2D eigenvalue weighted by atomic mass is 16.5. The molecular formula is C25H26N4O5. The predicted molar refractivity (Wildman–Crippen MR) is 123 cm³/mol. The molecule has 34 heavy (non-hydrogen) atoms. The van der Waals surface area contributed by atoms with Crippen LogP contribution in [0.3, 0.4) is 0 Å². The molecule has 0 radical (unpaired) electrons. The maximum atomic E-state index is 10.8. The van der Waals surface area contributed by atoms with E-state index in [-0.39, 0.29) is 12.5 Å². The van der Waals surface area contributed by atoms with E-state index in [0.717, 1.165) is 11.1 Å². The fourth-order valence-corrected chi connectivity index (χ4v) is 3.85. The summed E-state index contributed by atoms with van der Waals surface area (Å²) < 4.78 is 17.2. The maximum Gasteiger partial charge on any atom is 0.303 e. The molecule has 0 fully saturated rings. The standard InChI is InChI=1S/C25H26N4O5/c1-16(2)33-21-9-8-17(13-19(21)14-26)25-27-24(28-34-25)20-6-3-5-18-15-29(10-4-7-22(30)31)11-12-32-23(18)20/h3,5-6,8-9,13,16H,4,7,10-12,15H2,1-2H3,(H,30,31). The lowest BCUT2D eigenvalue weighted by Gasteiger charge is -2.18. The fraction of sp³-hybridized carbons (Fsp3) is 0.360. The van der Waals surface area contributed by atoms with Gasteiger partial charge < -0.3 is 19.1 Å². The number of carboxylic acids is 1. The highest BCUT2D eigenvalue weighted by Gasteiger charge is 2.22. The van der Waals surface area contributed by atoms with Crippen molar-refractivity contribution in [1.82, 2.24) is 15.0 Å². The van der Waals surface area contributed by atoms with Gasteiger partial charge in [-0.15, -0.1) is 0 Å². The van der Waals surface area contributed by atoms with Crippen LogP contribution in [-0.2, 0) is 11.3 Å². The summed E-state index contributed by atoms with van der Waals surface area (Å²) >= 11 is 0. The number of para-hydroxylation sites is 1. The summed E-state index contributed by atoms with van der Waals surface area (Å²) in [7, 11) is 0. The third kappa shape index (κ3) is 5.35. The second-order valence-electron chi connectivity index (χ2n) is 8.33. The van der Waals surface area contributed by atoms with Crippen LogP contribution < -0.4 is 9.47 Å². The van der Waals surface area contributed by atoms with Crippen molar-refractivity contribution >= 4 is 5.97 Å². The number of fused-ring (bicyclic) bond motifs is 1. The van der Waals surface area contributed by atoms with Crippen LogP contribution in [0.2, 0.25) is 0 Å². The number of ether oxygens (including phenoxy) is 2. The van der Waals surface area contributed by atoms with Crippen molar-refractivity contribution in [3.63, 3.8) is 0 Å². The molecule has 1 aliphatic rings. The summed E-state index contributed by atoms with van der Waals surface area (Å²) in [5.41, 5.74) is 2.73. The van der Waals surface area contributed by atoms with Gasteiger partial charge in [0, 0.05) is 30.6 Å². The lowest BCUT2D eigenvalue weighted by molar-refractivity contribution is -0.137. The molecule has 1 aromatic heterocycles. The molecule has 1 aliphatic heterocycles. The average molecular weight is 463 g/mol. The number of nitriles is 1. The number of carboxylic acid groups (broad SMARTS) is 1. The lowest BCUT2D eigenvalue weighted by Crippen LogP contribution is -2.27. The summed E-state index contributed by atoms with van der Waals surface area (Å²) in [6.45, 7) is 6.32. The van der Waals surface area contributed by atoms with Gasteiger partial charge in [-0.25, -0.2) is 0 Å². The monoisotopic (exact) mass is 462 g/mol. The fourth-order valence-electron chi connectivity index (χ4n) is 3.85. The second kappa shape index (κ2) is 10.4. The molecule has 0 aliphatic carbocycles. The van der Waals surface area contributed by atoms with Crippen molar-refractivity contribution in [2.24, 2.45) is 0 Å². The highest BCUT2D eigenvalue weighted by Crippen LogP contribution is 2.35. The topological polar surface area (TPSA) is 122 Å². The van der Waals surface area contributed by atoms with Crippen LogP contribution in [0, 0.1) is 11.3 Å². The Labute approximate surface area is 197 Å². The molecule has 0 amide bonds. The first-order valence-corrected chi connectivity index (χ1v) is 11.2. The van der Waals surface area contributed by atoms with Crippen LogP contribution in [0.5, 0.6) is 11.5 Å². The molecule has 0 saturated carbocycles. The van der Waals surface area contributed by atoms with E-state index in [1.54, 1.807) is 18.2 Å². The lowest BCUT2D eigenvalue weighted by atomic mass is 10.1. The van der Waals surface area contributed by atoms with Crippen LogP contribution in [0.4, 0.5) is 0 Å². The van der Waals surface area contributed by atoms with Crippen molar-refractivity contribution < 1.29 is 23.9 Å². The number of benzene rings is 2. The van der Waals surface area contributed by atoms with Gasteiger partial charge in [-0.05, 0) is 51.1 Å². The summed E-state index contributed by atoms with van der Waals surface area (Å²) in [6.07, 6.45) is 0.687. The number of carbonyl (C=O) groups is 1. The summed E-state index contributed by atoms with van der Waals surface area (Å²) in [5, 5.41) is 22.6. The number of aromatic nitrogens is 2. The molecule has 0 unspecified atom stereocenters. The Morgan fingerprint density at radius 3 is 2.94 bits per heavy atom. The van der Waals surface area contributed by atoms with Crippen LogP contribution in [0.25, 0.3) is 22.8 Å². The Morgan fingerprint density at radius 1 is 1.32 bits per heavy atom.